The Morgan fingerprint density at radius 2 is 2.05 bits per heavy atom. The second kappa shape index (κ2) is 8.78. The monoisotopic (exact) mass is 551 g/mol. The summed E-state index contributed by atoms with van der Waals surface area (Å²) in [5, 5.41) is 17.0. The molecule has 1 amide bonds. The zero-order valence-corrected chi connectivity index (χ0v) is 20.5. The van der Waals surface area contributed by atoms with Crippen LogP contribution in [0.2, 0.25) is 0 Å². The summed E-state index contributed by atoms with van der Waals surface area (Å²) in [5.41, 5.74) is 1.41. The minimum absolute atomic E-state index is 0.0802. The molecule has 3 atom stereocenters. The number of aromatic nitrogens is 5. The first-order chi connectivity index (χ1) is 18.6. The Bertz CT molecular complexity index is 1400. The number of nitrogens with one attached hydrogen (secondary N) is 3. The number of fused-ring (bicyclic) bond motifs is 1. The fraction of sp³-hybridized carbons (Fsp3) is 0.583. The Morgan fingerprint density at radius 1 is 1.26 bits per heavy atom. The zero-order chi connectivity index (χ0) is 26.9. The molecule has 2 bridgehead atoms. The number of ether oxygens (including phenoxy) is 3. The summed E-state index contributed by atoms with van der Waals surface area (Å²) >= 11 is 0. The van der Waals surface area contributed by atoms with Gasteiger partial charge in [-0.1, -0.05) is 0 Å². The van der Waals surface area contributed by atoms with Crippen molar-refractivity contribution in [3.05, 3.63) is 35.4 Å². The molecule has 1 saturated heterocycles. The minimum atomic E-state index is -4.78. The number of hydrogen-bond donors (Lipinski definition) is 3. The maximum atomic E-state index is 15.2. The summed E-state index contributed by atoms with van der Waals surface area (Å²) < 4.78 is 69.0. The van der Waals surface area contributed by atoms with Crippen molar-refractivity contribution in [1.29, 1.82) is 0 Å². The fourth-order valence-corrected chi connectivity index (χ4v) is 5.58. The van der Waals surface area contributed by atoms with Gasteiger partial charge in [-0.05, 0) is 44.1 Å². The first kappa shape index (κ1) is 24.6. The molecule has 0 radical (unpaired) electrons. The first-order valence-electron chi connectivity index (χ1n) is 12.8. The second-order valence-corrected chi connectivity index (χ2v) is 10.8. The standard InChI is InChI=1S/C24H25F4N7O4/c25-19-17(39-22(36)31-23-5-11(6-23)7-23)10-37-20(19)14-4-18(33-32-14)30-21-16-3-13(9-38-24(26,27)28)34-35(16)8-15(29-21)12-1-2-12/h3-4,8,11-12,17,19-20H,1-2,5-7,9-10H2,(H,31,36)(H2,29,30,32,33)/t11?,17-,19+,20-,23?/m1/s1. The number of carbonyl (C=O) groups excluding carboxylic acids is 1. The molecular weight excluding hydrogens is 526 g/mol. The van der Waals surface area contributed by atoms with Crippen molar-refractivity contribution in [2.45, 2.75) is 74.9 Å². The third kappa shape index (κ3) is 4.77. The van der Waals surface area contributed by atoms with E-state index < -0.39 is 37.4 Å². The van der Waals surface area contributed by atoms with Crippen molar-refractivity contribution in [2.75, 3.05) is 11.9 Å². The molecule has 3 aromatic heterocycles. The van der Waals surface area contributed by atoms with Gasteiger partial charge < -0.3 is 20.1 Å². The molecule has 11 nitrogen and oxygen atoms in total. The molecule has 15 heteroatoms. The van der Waals surface area contributed by atoms with Gasteiger partial charge in [0.25, 0.3) is 0 Å². The lowest BCUT2D eigenvalue weighted by Gasteiger charge is -2.61. The van der Waals surface area contributed by atoms with E-state index in [0.717, 1.165) is 37.8 Å². The summed E-state index contributed by atoms with van der Waals surface area (Å²) in [7, 11) is 0. The van der Waals surface area contributed by atoms with Crippen molar-refractivity contribution >= 4 is 23.2 Å². The highest BCUT2D eigenvalue weighted by molar-refractivity contribution is 5.73. The average Bonchev–Trinajstić information content (AvgIpc) is 3.27. The van der Waals surface area contributed by atoms with Gasteiger partial charge in [0.15, 0.2) is 23.9 Å². The van der Waals surface area contributed by atoms with E-state index in [1.54, 1.807) is 12.3 Å². The molecule has 8 rings (SSSR count). The molecule has 39 heavy (non-hydrogen) atoms. The summed E-state index contributed by atoms with van der Waals surface area (Å²) in [4.78, 5) is 16.9. The van der Waals surface area contributed by atoms with Crippen molar-refractivity contribution in [2.24, 2.45) is 5.92 Å². The van der Waals surface area contributed by atoms with E-state index in [1.807, 2.05) is 0 Å². The highest BCUT2D eigenvalue weighted by atomic mass is 19.4. The van der Waals surface area contributed by atoms with Crippen LogP contribution in [0.15, 0.2) is 18.3 Å². The quantitative estimate of drug-likeness (QED) is 0.356. The molecule has 5 fully saturated rings. The van der Waals surface area contributed by atoms with Gasteiger partial charge in [-0.2, -0.15) is 10.2 Å². The number of hydrogen-bond acceptors (Lipinski definition) is 8. The molecule has 4 aliphatic carbocycles. The van der Waals surface area contributed by atoms with Crippen LogP contribution in [-0.2, 0) is 20.8 Å². The van der Waals surface area contributed by atoms with E-state index in [2.05, 4.69) is 35.7 Å². The molecule has 0 aromatic carbocycles. The van der Waals surface area contributed by atoms with Gasteiger partial charge in [0.1, 0.15) is 18.2 Å². The van der Waals surface area contributed by atoms with Gasteiger partial charge in [-0.3, -0.25) is 9.84 Å². The number of alkyl carbamates (subject to hydrolysis) is 1. The van der Waals surface area contributed by atoms with Crippen LogP contribution < -0.4 is 10.6 Å². The second-order valence-electron chi connectivity index (χ2n) is 10.8. The summed E-state index contributed by atoms with van der Waals surface area (Å²) in [6.07, 6.45) is -2.66. The SMILES string of the molecule is O=C(NC12CC(C1)C2)O[C@@H]1CO[C@H](c2cc(Nc3nc(C4CC4)cn4nc(COC(F)(F)F)cc34)n[nH]2)[C@H]1F. The fourth-order valence-electron chi connectivity index (χ4n) is 5.58. The Hall–Kier alpha value is -3.46. The Balaban J connectivity index is 1.05. The van der Waals surface area contributed by atoms with Gasteiger partial charge in [0.05, 0.1) is 29.9 Å². The number of nitrogens with zero attached hydrogens (tertiary/aromatic N) is 4. The normalized spacial score (nSPS) is 29.6. The van der Waals surface area contributed by atoms with E-state index in [1.165, 1.54) is 10.6 Å². The maximum Gasteiger partial charge on any atom is 0.522 e. The molecule has 1 aliphatic heterocycles. The van der Waals surface area contributed by atoms with Crippen LogP contribution >= 0.6 is 0 Å². The van der Waals surface area contributed by atoms with Crippen molar-refractivity contribution in [3.8, 4) is 0 Å². The van der Waals surface area contributed by atoms with Crippen molar-refractivity contribution in [1.82, 2.24) is 30.1 Å². The van der Waals surface area contributed by atoms with Gasteiger partial charge in [-0.25, -0.2) is 18.7 Å². The van der Waals surface area contributed by atoms with E-state index in [-0.39, 0.29) is 23.8 Å². The average molecular weight is 552 g/mol. The Labute approximate surface area is 218 Å². The van der Waals surface area contributed by atoms with Crippen LogP contribution in [0.5, 0.6) is 0 Å². The summed E-state index contributed by atoms with van der Waals surface area (Å²) in [6.45, 7) is -0.837. The highest BCUT2D eigenvalue weighted by Gasteiger charge is 2.58. The lowest BCUT2D eigenvalue weighted by atomic mass is 9.50. The lowest BCUT2D eigenvalue weighted by Crippen LogP contribution is -2.68. The number of carbonyl (C=O) groups is 1. The molecule has 208 valence electrons. The summed E-state index contributed by atoms with van der Waals surface area (Å²) in [6, 6.07) is 3.00. The van der Waals surface area contributed by atoms with E-state index in [0.29, 0.717) is 28.8 Å². The van der Waals surface area contributed by atoms with Crippen LogP contribution in [0.1, 0.15) is 61.2 Å². The van der Waals surface area contributed by atoms with Gasteiger partial charge in [0, 0.05) is 17.5 Å². The van der Waals surface area contributed by atoms with E-state index in [9.17, 15) is 18.0 Å². The number of anilines is 2. The molecule has 3 N–H and O–H groups in total. The van der Waals surface area contributed by atoms with Crippen LogP contribution in [0.3, 0.4) is 0 Å². The predicted octanol–water partition coefficient (Wildman–Crippen LogP) is 4.17. The topological polar surface area (TPSA) is 128 Å². The number of halogens is 4. The molecule has 0 spiro atoms. The lowest BCUT2D eigenvalue weighted by molar-refractivity contribution is -0.330. The number of amides is 1. The van der Waals surface area contributed by atoms with Crippen LogP contribution in [-0.4, -0.2) is 61.7 Å². The highest BCUT2D eigenvalue weighted by Crippen LogP contribution is 2.57. The number of H-pyrrole nitrogens is 1. The summed E-state index contributed by atoms with van der Waals surface area (Å²) in [5.74, 6) is 1.55. The smallest absolute Gasteiger partial charge is 0.441 e. The van der Waals surface area contributed by atoms with Crippen molar-refractivity contribution in [3.63, 3.8) is 0 Å². The molecule has 3 aromatic rings. The molecular formula is C24H25F4N7O4. The van der Waals surface area contributed by atoms with Crippen molar-refractivity contribution < 1.29 is 36.6 Å². The number of rotatable bonds is 8. The largest absolute Gasteiger partial charge is 0.522 e. The number of alkyl halides is 4. The van der Waals surface area contributed by atoms with Crippen LogP contribution in [0.4, 0.5) is 34.0 Å². The molecule has 0 unspecified atom stereocenters. The third-order valence-corrected chi connectivity index (χ3v) is 7.80. The minimum Gasteiger partial charge on any atom is -0.441 e. The predicted molar refractivity (Wildman–Crippen MR) is 125 cm³/mol. The Morgan fingerprint density at radius 3 is 2.74 bits per heavy atom. The van der Waals surface area contributed by atoms with Gasteiger partial charge >= 0.3 is 12.5 Å². The molecule has 5 aliphatic rings. The molecule has 4 heterocycles. The molecule has 4 saturated carbocycles. The maximum absolute atomic E-state index is 15.2. The number of aromatic amines is 1. The first-order valence-corrected chi connectivity index (χ1v) is 12.8. The van der Waals surface area contributed by atoms with Gasteiger partial charge in [-0.15, -0.1) is 13.2 Å². The van der Waals surface area contributed by atoms with E-state index in [4.69, 9.17) is 9.47 Å². The van der Waals surface area contributed by atoms with Crippen LogP contribution in [0, 0.1) is 5.92 Å². The van der Waals surface area contributed by atoms with Gasteiger partial charge in [0.2, 0.25) is 0 Å². The third-order valence-electron chi connectivity index (χ3n) is 7.80. The van der Waals surface area contributed by atoms with Crippen LogP contribution in [0.25, 0.3) is 5.52 Å². The Kier molecular flexibility index (Phi) is 5.53. The zero-order valence-electron chi connectivity index (χ0n) is 20.5. The van der Waals surface area contributed by atoms with E-state index >= 15 is 4.39 Å².